The summed E-state index contributed by atoms with van der Waals surface area (Å²) >= 11 is 7.43. The van der Waals surface area contributed by atoms with Crippen LogP contribution >= 0.6 is 22.9 Å². The summed E-state index contributed by atoms with van der Waals surface area (Å²) in [6.07, 6.45) is 3.04. The van der Waals surface area contributed by atoms with Crippen molar-refractivity contribution in [2.45, 2.75) is 0 Å². The number of hydrogen-bond acceptors (Lipinski definition) is 5. The Bertz CT molecular complexity index is 1050. The van der Waals surface area contributed by atoms with E-state index in [1.165, 1.54) is 17.5 Å². The van der Waals surface area contributed by atoms with Crippen molar-refractivity contribution in [3.05, 3.63) is 71.6 Å². The van der Waals surface area contributed by atoms with Crippen LogP contribution in [0.3, 0.4) is 0 Å². The Hall–Kier alpha value is -2.83. The molecule has 0 aliphatic heterocycles. The zero-order valence-corrected chi connectivity index (χ0v) is 14.4. The number of amides is 1. The summed E-state index contributed by atoms with van der Waals surface area (Å²) in [7, 11) is 0. The Labute approximate surface area is 152 Å². The van der Waals surface area contributed by atoms with Gasteiger partial charge in [-0.3, -0.25) is 4.79 Å². The van der Waals surface area contributed by atoms with E-state index in [0.717, 1.165) is 10.2 Å². The van der Waals surface area contributed by atoms with Crippen LogP contribution in [0.15, 0.2) is 60.9 Å². The predicted octanol–water partition coefficient (Wildman–Crippen LogP) is 4.66. The Kier molecular flexibility index (Phi) is 4.13. The molecule has 0 saturated carbocycles. The molecular formula is C18H11ClN4OS. The number of nitrogens with one attached hydrogen (secondary N) is 1. The summed E-state index contributed by atoms with van der Waals surface area (Å²) in [5.74, 6) is -0.357. The number of fused-ring (bicyclic) bond motifs is 1. The zero-order chi connectivity index (χ0) is 17.2. The second-order valence-corrected chi connectivity index (χ2v) is 6.67. The van der Waals surface area contributed by atoms with E-state index in [1.54, 1.807) is 30.5 Å². The van der Waals surface area contributed by atoms with Crippen molar-refractivity contribution >= 4 is 44.7 Å². The monoisotopic (exact) mass is 366 g/mol. The first-order valence-electron chi connectivity index (χ1n) is 7.44. The Morgan fingerprint density at radius 1 is 1.04 bits per heavy atom. The van der Waals surface area contributed by atoms with Gasteiger partial charge < -0.3 is 5.32 Å². The number of carbonyl (C=O) groups is 1. The molecule has 25 heavy (non-hydrogen) atoms. The maximum atomic E-state index is 12.7. The summed E-state index contributed by atoms with van der Waals surface area (Å²) in [5, 5.41) is 4.00. The number of carbonyl (C=O) groups excluding carboxylic acids is 1. The number of benzene rings is 2. The molecule has 4 aromatic rings. The van der Waals surface area contributed by atoms with Crippen LogP contribution in [0, 0.1) is 0 Å². The van der Waals surface area contributed by atoms with Crippen LogP contribution in [-0.2, 0) is 0 Å². The molecular weight excluding hydrogens is 356 g/mol. The first-order valence-corrected chi connectivity index (χ1v) is 8.64. The van der Waals surface area contributed by atoms with Gasteiger partial charge in [-0.1, -0.05) is 29.8 Å². The van der Waals surface area contributed by atoms with E-state index in [1.807, 2.05) is 24.3 Å². The van der Waals surface area contributed by atoms with Crippen LogP contribution in [0.2, 0.25) is 5.02 Å². The molecule has 0 bridgehead atoms. The Morgan fingerprint density at radius 3 is 2.72 bits per heavy atom. The van der Waals surface area contributed by atoms with Crippen molar-refractivity contribution in [2.24, 2.45) is 0 Å². The molecule has 0 spiro atoms. The summed E-state index contributed by atoms with van der Waals surface area (Å²) in [5.41, 5.74) is 2.15. The van der Waals surface area contributed by atoms with E-state index in [0.29, 0.717) is 21.4 Å². The van der Waals surface area contributed by atoms with E-state index >= 15 is 0 Å². The summed E-state index contributed by atoms with van der Waals surface area (Å²) < 4.78 is 1.03. The molecule has 2 aromatic heterocycles. The molecule has 2 aromatic carbocycles. The van der Waals surface area contributed by atoms with Crippen molar-refractivity contribution < 1.29 is 4.79 Å². The maximum absolute atomic E-state index is 12.7. The van der Waals surface area contributed by atoms with E-state index < -0.39 is 0 Å². The SMILES string of the molecule is O=C(Nc1cccc(Cl)c1)c1nccnc1-c1nc2ccccc2s1. The summed E-state index contributed by atoms with van der Waals surface area (Å²) in [4.78, 5) is 25.7. The number of nitrogens with zero attached hydrogens (tertiary/aromatic N) is 3. The molecule has 0 radical (unpaired) electrons. The first kappa shape index (κ1) is 15.7. The van der Waals surface area contributed by atoms with Gasteiger partial charge >= 0.3 is 0 Å². The van der Waals surface area contributed by atoms with Crippen LogP contribution in [0.25, 0.3) is 20.9 Å². The van der Waals surface area contributed by atoms with Crippen molar-refractivity contribution in [2.75, 3.05) is 5.32 Å². The van der Waals surface area contributed by atoms with Gasteiger partial charge in [0, 0.05) is 23.1 Å². The fourth-order valence-electron chi connectivity index (χ4n) is 2.39. The average molecular weight is 367 g/mol. The molecule has 1 amide bonds. The first-order chi connectivity index (χ1) is 12.2. The fraction of sp³-hybridized carbons (Fsp3) is 0. The molecule has 7 heteroatoms. The van der Waals surface area contributed by atoms with Crippen molar-refractivity contribution in [1.29, 1.82) is 0 Å². The van der Waals surface area contributed by atoms with Crippen molar-refractivity contribution in [3.8, 4) is 10.7 Å². The topological polar surface area (TPSA) is 67.8 Å². The summed E-state index contributed by atoms with van der Waals surface area (Å²) in [6, 6.07) is 14.7. The standard InChI is InChI=1S/C18H11ClN4OS/c19-11-4-3-5-12(10-11)22-17(24)15-16(21-9-8-20-15)18-23-13-6-1-2-7-14(13)25-18/h1-10H,(H,22,24). The van der Waals surface area contributed by atoms with Crippen LogP contribution in [0.4, 0.5) is 5.69 Å². The Morgan fingerprint density at radius 2 is 1.88 bits per heavy atom. The number of thiazole rings is 1. The lowest BCUT2D eigenvalue weighted by Crippen LogP contribution is -2.15. The Balaban J connectivity index is 1.72. The van der Waals surface area contributed by atoms with E-state index in [-0.39, 0.29) is 11.6 Å². The lowest BCUT2D eigenvalue weighted by atomic mass is 10.2. The molecule has 0 aliphatic rings. The lowest BCUT2D eigenvalue weighted by molar-refractivity contribution is 0.102. The van der Waals surface area contributed by atoms with E-state index in [4.69, 9.17) is 11.6 Å². The van der Waals surface area contributed by atoms with Gasteiger partial charge in [0.1, 0.15) is 10.7 Å². The second kappa shape index (κ2) is 6.58. The largest absolute Gasteiger partial charge is 0.321 e. The van der Waals surface area contributed by atoms with Gasteiger partial charge in [0.25, 0.3) is 5.91 Å². The highest BCUT2D eigenvalue weighted by Gasteiger charge is 2.19. The molecule has 0 fully saturated rings. The molecule has 2 heterocycles. The number of aromatic nitrogens is 3. The van der Waals surface area contributed by atoms with Gasteiger partial charge in [0.15, 0.2) is 5.69 Å². The van der Waals surface area contributed by atoms with Gasteiger partial charge in [-0.05, 0) is 30.3 Å². The third-order valence-corrected chi connectivity index (χ3v) is 4.77. The van der Waals surface area contributed by atoms with Crippen LogP contribution < -0.4 is 5.32 Å². The molecule has 122 valence electrons. The minimum absolute atomic E-state index is 0.224. The third kappa shape index (κ3) is 3.22. The van der Waals surface area contributed by atoms with Crippen LogP contribution in [0.1, 0.15) is 10.5 Å². The predicted molar refractivity (Wildman–Crippen MR) is 100 cm³/mol. The smallest absolute Gasteiger partial charge is 0.276 e. The number of hydrogen-bond donors (Lipinski definition) is 1. The van der Waals surface area contributed by atoms with Gasteiger partial charge in [0.2, 0.25) is 0 Å². The quantitative estimate of drug-likeness (QED) is 0.572. The number of rotatable bonds is 3. The van der Waals surface area contributed by atoms with Crippen LogP contribution in [0.5, 0.6) is 0 Å². The number of para-hydroxylation sites is 1. The van der Waals surface area contributed by atoms with Gasteiger partial charge in [-0.25, -0.2) is 15.0 Å². The van der Waals surface area contributed by atoms with Gasteiger partial charge in [0.05, 0.1) is 10.2 Å². The third-order valence-electron chi connectivity index (χ3n) is 3.49. The lowest BCUT2D eigenvalue weighted by Gasteiger charge is -2.07. The number of halogens is 1. The highest BCUT2D eigenvalue weighted by atomic mass is 35.5. The molecule has 0 unspecified atom stereocenters. The highest BCUT2D eigenvalue weighted by Crippen LogP contribution is 2.30. The van der Waals surface area contributed by atoms with Crippen LogP contribution in [-0.4, -0.2) is 20.9 Å². The molecule has 0 atom stereocenters. The average Bonchev–Trinajstić information content (AvgIpc) is 3.06. The second-order valence-electron chi connectivity index (χ2n) is 5.20. The molecule has 0 aliphatic carbocycles. The maximum Gasteiger partial charge on any atom is 0.276 e. The minimum atomic E-state index is -0.357. The molecule has 5 nitrogen and oxygen atoms in total. The van der Waals surface area contributed by atoms with E-state index in [9.17, 15) is 4.79 Å². The van der Waals surface area contributed by atoms with Crippen molar-refractivity contribution in [1.82, 2.24) is 15.0 Å². The van der Waals surface area contributed by atoms with Gasteiger partial charge in [-0.2, -0.15) is 0 Å². The van der Waals surface area contributed by atoms with E-state index in [2.05, 4.69) is 20.3 Å². The minimum Gasteiger partial charge on any atom is -0.321 e. The molecule has 4 rings (SSSR count). The van der Waals surface area contributed by atoms with Crippen molar-refractivity contribution in [3.63, 3.8) is 0 Å². The fourth-order valence-corrected chi connectivity index (χ4v) is 3.54. The normalized spacial score (nSPS) is 10.8. The highest BCUT2D eigenvalue weighted by molar-refractivity contribution is 7.21. The molecule has 1 N–H and O–H groups in total. The van der Waals surface area contributed by atoms with Gasteiger partial charge in [-0.15, -0.1) is 11.3 Å². The zero-order valence-electron chi connectivity index (χ0n) is 12.8. The summed E-state index contributed by atoms with van der Waals surface area (Å²) in [6.45, 7) is 0. The number of anilines is 1. The molecule has 0 saturated heterocycles.